The number of nitrogens with zero attached hydrogens (tertiary/aromatic N) is 1. The van der Waals surface area contributed by atoms with Crippen molar-refractivity contribution in [2.75, 3.05) is 19.6 Å². The lowest BCUT2D eigenvalue weighted by molar-refractivity contribution is -0.139. The molecule has 1 saturated heterocycles. The Labute approximate surface area is 152 Å². The van der Waals surface area contributed by atoms with Gasteiger partial charge < -0.3 is 15.5 Å². The molecule has 1 fully saturated rings. The first-order valence-corrected chi connectivity index (χ1v) is 9.77. The summed E-state index contributed by atoms with van der Waals surface area (Å²) >= 11 is 0. The van der Waals surface area contributed by atoms with Crippen molar-refractivity contribution in [2.24, 2.45) is 5.14 Å². The maximum atomic E-state index is 11.7. The Hall–Kier alpha value is -2.46. The van der Waals surface area contributed by atoms with E-state index >= 15 is 0 Å². The van der Waals surface area contributed by atoms with E-state index in [1.165, 1.54) is 24.3 Å². The van der Waals surface area contributed by atoms with Crippen molar-refractivity contribution < 1.29 is 22.8 Å². The second-order valence-electron chi connectivity index (χ2n) is 5.97. The molecule has 4 N–H and O–H groups in total. The smallest absolute Gasteiger partial charge is 0.309 e. The fourth-order valence-electron chi connectivity index (χ4n) is 2.55. The van der Waals surface area contributed by atoms with E-state index in [0.717, 1.165) is 13.0 Å². The molecule has 26 heavy (non-hydrogen) atoms. The first-order chi connectivity index (χ1) is 12.3. The summed E-state index contributed by atoms with van der Waals surface area (Å²) < 4.78 is 22.3. The normalized spacial score (nSPS) is 14.3. The predicted molar refractivity (Wildman–Crippen MR) is 93.1 cm³/mol. The Kier molecular flexibility index (Phi) is 6.70. The number of amides is 3. The molecule has 1 aromatic carbocycles. The number of rotatable bonds is 7. The lowest BCUT2D eigenvalue weighted by Crippen LogP contribution is -2.40. The summed E-state index contributed by atoms with van der Waals surface area (Å²) in [6.45, 7) is 1.70. The third kappa shape index (κ3) is 5.81. The van der Waals surface area contributed by atoms with Gasteiger partial charge in [-0.05, 0) is 30.5 Å². The summed E-state index contributed by atoms with van der Waals surface area (Å²) in [4.78, 5) is 36.6. The minimum absolute atomic E-state index is 0.0261. The van der Waals surface area contributed by atoms with Gasteiger partial charge in [-0.3, -0.25) is 14.4 Å². The largest absolute Gasteiger partial charge is 0.348 e. The van der Waals surface area contributed by atoms with Crippen LogP contribution in [0.4, 0.5) is 0 Å². The molecule has 0 aliphatic carbocycles. The van der Waals surface area contributed by atoms with Gasteiger partial charge in [-0.15, -0.1) is 0 Å². The van der Waals surface area contributed by atoms with Gasteiger partial charge in [-0.2, -0.15) is 0 Å². The van der Waals surface area contributed by atoms with Crippen molar-refractivity contribution in [3.8, 4) is 0 Å². The molecule has 1 aromatic rings. The lowest BCUT2D eigenvalue weighted by atomic mass is 10.2. The van der Waals surface area contributed by atoms with Crippen LogP contribution in [-0.4, -0.2) is 50.7 Å². The summed E-state index contributed by atoms with van der Waals surface area (Å²) in [7, 11) is -3.76. The number of benzene rings is 1. The Morgan fingerprint density at radius 2 is 1.77 bits per heavy atom. The van der Waals surface area contributed by atoms with Gasteiger partial charge in [0, 0.05) is 32.6 Å². The fraction of sp³-hybridized carbons (Fsp3) is 0.438. The number of nitrogens with two attached hydrogens (primary N) is 1. The van der Waals surface area contributed by atoms with Crippen LogP contribution in [0.25, 0.3) is 0 Å². The first kappa shape index (κ1) is 19.9. The van der Waals surface area contributed by atoms with Crippen LogP contribution < -0.4 is 15.8 Å². The maximum Gasteiger partial charge on any atom is 0.309 e. The molecule has 2 rings (SSSR count). The summed E-state index contributed by atoms with van der Waals surface area (Å²) in [5, 5.41) is 9.95. The highest BCUT2D eigenvalue weighted by atomic mass is 32.2. The lowest BCUT2D eigenvalue weighted by Gasteiger charge is -2.15. The van der Waals surface area contributed by atoms with Gasteiger partial charge in [0.25, 0.3) is 0 Å². The number of likely N-dealkylation sites (tertiary alicyclic amines) is 1. The van der Waals surface area contributed by atoms with E-state index < -0.39 is 21.8 Å². The van der Waals surface area contributed by atoms with Crippen LogP contribution >= 0.6 is 0 Å². The number of sulfonamides is 1. The van der Waals surface area contributed by atoms with Crippen LogP contribution in [0, 0.1) is 0 Å². The number of carbonyl (C=O) groups is 3. The van der Waals surface area contributed by atoms with E-state index in [1.54, 1.807) is 4.90 Å². The van der Waals surface area contributed by atoms with E-state index in [4.69, 9.17) is 5.14 Å². The molecule has 1 aliphatic heterocycles. The average molecular weight is 382 g/mol. The molecule has 3 amide bonds. The van der Waals surface area contributed by atoms with Crippen LogP contribution in [0.15, 0.2) is 29.2 Å². The summed E-state index contributed by atoms with van der Waals surface area (Å²) in [6.07, 6.45) is 2.03. The number of primary sulfonamides is 1. The molecule has 0 atom stereocenters. The zero-order valence-electron chi connectivity index (χ0n) is 14.2. The molecule has 0 aromatic heterocycles. The number of carbonyl (C=O) groups excluding carboxylic acids is 3. The van der Waals surface area contributed by atoms with Gasteiger partial charge in [-0.1, -0.05) is 12.1 Å². The van der Waals surface area contributed by atoms with Crippen molar-refractivity contribution in [3.63, 3.8) is 0 Å². The predicted octanol–water partition coefficient (Wildman–Crippen LogP) is -0.921. The molecule has 0 saturated carbocycles. The highest BCUT2D eigenvalue weighted by molar-refractivity contribution is 7.89. The monoisotopic (exact) mass is 382 g/mol. The summed E-state index contributed by atoms with van der Waals surface area (Å²) in [6, 6.07) is 5.67. The highest BCUT2D eigenvalue weighted by Gasteiger charge is 2.19. The maximum absolute atomic E-state index is 11.7. The van der Waals surface area contributed by atoms with Crippen molar-refractivity contribution in [1.29, 1.82) is 0 Å². The Morgan fingerprint density at radius 1 is 1.12 bits per heavy atom. The van der Waals surface area contributed by atoms with Gasteiger partial charge in [0.15, 0.2) is 0 Å². The SMILES string of the molecule is NS(=O)(=O)c1ccc(CNC(=O)C(=O)NCCCN2CCCC2=O)cc1. The molecule has 142 valence electrons. The van der Waals surface area contributed by atoms with Crippen LogP contribution in [-0.2, 0) is 31.0 Å². The Morgan fingerprint density at radius 3 is 2.35 bits per heavy atom. The molecular formula is C16H22N4O5S. The van der Waals surface area contributed by atoms with E-state index in [9.17, 15) is 22.8 Å². The molecule has 1 heterocycles. The minimum atomic E-state index is -3.76. The zero-order chi connectivity index (χ0) is 19.2. The topological polar surface area (TPSA) is 139 Å². The molecule has 0 unspecified atom stereocenters. The van der Waals surface area contributed by atoms with E-state index in [2.05, 4.69) is 10.6 Å². The van der Waals surface area contributed by atoms with Crippen LogP contribution in [0.2, 0.25) is 0 Å². The molecule has 10 heteroatoms. The van der Waals surface area contributed by atoms with Crippen molar-refractivity contribution in [2.45, 2.75) is 30.7 Å². The van der Waals surface area contributed by atoms with Crippen LogP contribution in [0.3, 0.4) is 0 Å². The van der Waals surface area contributed by atoms with E-state index in [-0.39, 0.29) is 17.3 Å². The molecule has 0 spiro atoms. The van der Waals surface area contributed by atoms with Gasteiger partial charge in [0.1, 0.15) is 0 Å². The van der Waals surface area contributed by atoms with Gasteiger partial charge in [0.2, 0.25) is 15.9 Å². The van der Waals surface area contributed by atoms with Crippen LogP contribution in [0.1, 0.15) is 24.8 Å². The number of hydrogen-bond acceptors (Lipinski definition) is 5. The van der Waals surface area contributed by atoms with Gasteiger partial charge >= 0.3 is 11.8 Å². The Bertz CT molecular complexity index is 776. The van der Waals surface area contributed by atoms with Crippen LogP contribution in [0.5, 0.6) is 0 Å². The fourth-order valence-corrected chi connectivity index (χ4v) is 3.07. The Balaban J connectivity index is 1.68. The highest BCUT2D eigenvalue weighted by Crippen LogP contribution is 2.09. The second-order valence-corrected chi connectivity index (χ2v) is 7.53. The third-order valence-corrected chi connectivity index (χ3v) is 4.90. The van der Waals surface area contributed by atoms with E-state index in [1.807, 2.05) is 0 Å². The standard InChI is InChI=1S/C16H22N4O5S/c17-26(24,25)13-6-4-12(5-7-13)11-19-16(23)15(22)18-8-2-10-20-9-1-3-14(20)21/h4-7H,1-3,8-11H2,(H,18,22)(H,19,23)(H2,17,24,25). The first-order valence-electron chi connectivity index (χ1n) is 8.23. The van der Waals surface area contributed by atoms with Crippen molar-refractivity contribution in [3.05, 3.63) is 29.8 Å². The van der Waals surface area contributed by atoms with Gasteiger partial charge in [0.05, 0.1) is 4.90 Å². The quantitative estimate of drug-likeness (QED) is 0.413. The molecule has 0 radical (unpaired) electrons. The number of hydrogen-bond donors (Lipinski definition) is 3. The zero-order valence-corrected chi connectivity index (χ0v) is 15.0. The molecule has 1 aliphatic rings. The molecular weight excluding hydrogens is 360 g/mol. The average Bonchev–Trinajstić information content (AvgIpc) is 3.01. The van der Waals surface area contributed by atoms with Crippen molar-refractivity contribution >= 4 is 27.7 Å². The van der Waals surface area contributed by atoms with Crippen molar-refractivity contribution in [1.82, 2.24) is 15.5 Å². The van der Waals surface area contributed by atoms with E-state index in [0.29, 0.717) is 31.5 Å². The minimum Gasteiger partial charge on any atom is -0.348 e. The molecule has 0 bridgehead atoms. The number of nitrogens with one attached hydrogen (secondary N) is 2. The second kappa shape index (κ2) is 8.77. The third-order valence-electron chi connectivity index (χ3n) is 3.97. The summed E-state index contributed by atoms with van der Waals surface area (Å²) in [5.41, 5.74) is 0.631. The summed E-state index contributed by atoms with van der Waals surface area (Å²) in [5.74, 6) is -1.40. The molecule has 9 nitrogen and oxygen atoms in total. The van der Waals surface area contributed by atoms with Gasteiger partial charge in [-0.25, -0.2) is 13.6 Å².